The van der Waals surface area contributed by atoms with Crippen molar-refractivity contribution in [2.24, 2.45) is 0 Å². The molecule has 0 bridgehead atoms. The maximum absolute atomic E-state index is 12.1. The first kappa shape index (κ1) is 11.9. The van der Waals surface area contributed by atoms with Gasteiger partial charge in [0.2, 0.25) is 0 Å². The molecule has 2 rings (SSSR count). The lowest BCUT2D eigenvalue weighted by molar-refractivity contribution is 0.0705. The molecule has 0 spiro atoms. The number of nitrogens with one attached hydrogen (secondary N) is 1. The summed E-state index contributed by atoms with van der Waals surface area (Å²) in [6, 6.07) is 2.98. The van der Waals surface area contributed by atoms with E-state index < -0.39 is 5.63 Å². The van der Waals surface area contributed by atoms with E-state index in [2.05, 4.69) is 5.32 Å². The molecule has 5 nitrogen and oxygen atoms in total. The summed E-state index contributed by atoms with van der Waals surface area (Å²) >= 11 is 0. The van der Waals surface area contributed by atoms with Gasteiger partial charge in [-0.2, -0.15) is 0 Å². The van der Waals surface area contributed by atoms with Crippen molar-refractivity contribution in [1.82, 2.24) is 10.2 Å². The summed E-state index contributed by atoms with van der Waals surface area (Å²) in [4.78, 5) is 24.6. The fraction of sp³-hybridized carbons (Fsp3) is 0.500. The average molecular weight is 236 g/mol. The molecule has 5 heteroatoms. The van der Waals surface area contributed by atoms with E-state index in [9.17, 15) is 9.59 Å². The lowest BCUT2D eigenvalue weighted by atomic mass is 10.1. The third kappa shape index (κ3) is 2.74. The van der Waals surface area contributed by atoms with Crippen LogP contribution in [0.1, 0.15) is 23.2 Å². The second-order valence-corrected chi connectivity index (χ2v) is 4.26. The Morgan fingerprint density at radius 3 is 2.94 bits per heavy atom. The monoisotopic (exact) mass is 236 g/mol. The Hall–Kier alpha value is -1.62. The molecule has 1 aromatic heterocycles. The van der Waals surface area contributed by atoms with Crippen LogP contribution in [0.4, 0.5) is 0 Å². The number of nitrogens with zero attached hydrogens (tertiary/aromatic N) is 1. The zero-order valence-electron chi connectivity index (χ0n) is 9.81. The third-order valence-electron chi connectivity index (χ3n) is 3.09. The van der Waals surface area contributed by atoms with Crippen LogP contribution in [0.3, 0.4) is 0 Å². The van der Waals surface area contributed by atoms with Gasteiger partial charge < -0.3 is 14.6 Å². The first-order valence-corrected chi connectivity index (χ1v) is 5.75. The average Bonchev–Trinajstić information content (AvgIpc) is 2.39. The molecule has 0 saturated carbocycles. The molecule has 1 amide bonds. The Morgan fingerprint density at radius 2 is 2.35 bits per heavy atom. The van der Waals surface area contributed by atoms with Crippen LogP contribution in [-0.2, 0) is 0 Å². The maximum Gasteiger partial charge on any atom is 0.335 e. The number of likely N-dealkylation sites (N-methyl/N-ethyl adjacent to an activating group) is 1. The number of hydrogen-bond acceptors (Lipinski definition) is 4. The fourth-order valence-corrected chi connectivity index (χ4v) is 2.01. The van der Waals surface area contributed by atoms with E-state index in [0.29, 0.717) is 5.56 Å². The minimum atomic E-state index is -0.441. The highest BCUT2D eigenvalue weighted by molar-refractivity contribution is 5.93. The van der Waals surface area contributed by atoms with Gasteiger partial charge in [0.05, 0.1) is 5.56 Å². The first-order valence-electron chi connectivity index (χ1n) is 5.75. The Morgan fingerprint density at radius 1 is 1.53 bits per heavy atom. The summed E-state index contributed by atoms with van der Waals surface area (Å²) in [7, 11) is 1.78. The van der Waals surface area contributed by atoms with Gasteiger partial charge in [0.15, 0.2) is 0 Å². The number of hydrogen-bond donors (Lipinski definition) is 1. The molecule has 1 aromatic rings. The van der Waals surface area contributed by atoms with E-state index in [-0.39, 0.29) is 11.9 Å². The first-order chi connectivity index (χ1) is 8.18. The topological polar surface area (TPSA) is 62.6 Å². The molecular formula is C12H16N2O3. The Balaban J connectivity index is 2.08. The van der Waals surface area contributed by atoms with Crippen LogP contribution < -0.4 is 10.9 Å². The quantitative estimate of drug-likeness (QED) is 0.810. The van der Waals surface area contributed by atoms with Gasteiger partial charge in [-0.1, -0.05) is 0 Å². The van der Waals surface area contributed by atoms with Crippen LogP contribution in [0.2, 0.25) is 0 Å². The van der Waals surface area contributed by atoms with Crippen molar-refractivity contribution in [3.8, 4) is 0 Å². The van der Waals surface area contributed by atoms with Gasteiger partial charge in [-0.3, -0.25) is 4.79 Å². The van der Waals surface area contributed by atoms with Crippen LogP contribution in [0.5, 0.6) is 0 Å². The highest BCUT2D eigenvalue weighted by Crippen LogP contribution is 2.11. The summed E-state index contributed by atoms with van der Waals surface area (Å²) in [5, 5.41) is 3.26. The molecule has 1 aliphatic rings. The van der Waals surface area contributed by atoms with Gasteiger partial charge in [0.1, 0.15) is 6.26 Å². The van der Waals surface area contributed by atoms with Crippen molar-refractivity contribution in [2.45, 2.75) is 18.9 Å². The van der Waals surface area contributed by atoms with E-state index in [0.717, 1.165) is 25.9 Å². The van der Waals surface area contributed by atoms with Gasteiger partial charge in [-0.25, -0.2) is 4.79 Å². The van der Waals surface area contributed by atoms with Gasteiger partial charge in [-0.05, 0) is 25.5 Å². The van der Waals surface area contributed by atoms with Crippen molar-refractivity contribution in [1.29, 1.82) is 0 Å². The number of carbonyl (C=O) groups excluding carboxylic acids is 1. The normalized spacial score (nSPS) is 19.9. The van der Waals surface area contributed by atoms with Crippen LogP contribution in [0.25, 0.3) is 0 Å². The minimum absolute atomic E-state index is 0.109. The Kier molecular flexibility index (Phi) is 3.58. The van der Waals surface area contributed by atoms with Crippen LogP contribution in [0, 0.1) is 0 Å². The predicted molar refractivity (Wildman–Crippen MR) is 63.0 cm³/mol. The van der Waals surface area contributed by atoms with Crippen LogP contribution >= 0.6 is 0 Å². The molecule has 1 fully saturated rings. The molecule has 2 heterocycles. The Labute approximate surface area is 99.4 Å². The SMILES string of the molecule is CN(C(=O)c1ccc(=O)oc1)C1CCCNC1. The highest BCUT2D eigenvalue weighted by Gasteiger charge is 2.23. The highest BCUT2D eigenvalue weighted by atomic mass is 16.4. The third-order valence-corrected chi connectivity index (χ3v) is 3.09. The lowest BCUT2D eigenvalue weighted by Gasteiger charge is -2.31. The number of carbonyl (C=O) groups is 1. The summed E-state index contributed by atoms with van der Waals surface area (Å²) in [6.45, 7) is 1.83. The van der Waals surface area contributed by atoms with Crippen molar-refractivity contribution in [3.05, 3.63) is 34.4 Å². The molecule has 0 radical (unpaired) electrons. The molecule has 1 atom stereocenters. The second kappa shape index (κ2) is 5.14. The van der Waals surface area contributed by atoms with Gasteiger partial charge in [0.25, 0.3) is 5.91 Å². The zero-order chi connectivity index (χ0) is 12.3. The predicted octanol–water partition coefficient (Wildman–Crippen LogP) is 0.464. The van der Waals surface area contributed by atoms with E-state index in [4.69, 9.17) is 4.42 Å². The summed E-state index contributed by atoms with van der Waals surface area (Å²) in [5.41, 5.74) is -0.0267. The molecule has 0 aromatic carbocycles. The number of piperidine rings is 1. The molecule has 0 aliphatic carbocycles. The molecule has 1 N–H and O–H groups in total. The van der Waals surface area contributed by atoms with Crippen molar-refractivity contribution < 1.29 is 9.21 Å². The van der Waals surface area contributed by atoms with Gasteiger partial charge >= 0.3 is 5.63 Å². The van der Waals surface area contributed by atoms with Crippen LogP contribution in [-0.4, -0.2) is 37.0 Å². The maximum atomic E-state index is 12.1. The zero-order valence-corrected chi connectivity index (χ0v) is 9.81. The minimum Gasteiger partial charge on any atom is -0.430 e. The standard InChI is InChI=1S/C12H16N2O3/c1-14(10-3-2-6-13-7-10)12(16)9-4-5-11(15)17-8-9/h4-5,8,10,13H,2-3,6-7H2,1H3. The molecule has 17 heavy (non-hydrogen) atoms. The fourth-order valence-electron chi connectivity index (χ4n) is 2.01. The number of rotatable bonds is 2. The summed E-state index contributed by atoms with van der Waals surface area (Å²) in [6.07, 6.45) is 3.30. The lowest BCUT2D eigenvalue weighted by Crippen LogP contribution is -2.46. The molecular weight excluding hydrogens is 220 g/mol. The second-order valence-electron chi connectivity index (χ2n) is 4.26. The molecule has 1 saturated heterocycles. The smallest absolute Gasteiger partial charge is 0.335 e. The van der Waals surface area contributed by atoms with Crippen LogP contribution in [0.15, 0.2) is 27.6 Å². The van der Waals surface area contributed by atoms with Gasteiger partial charge in [0, 0.05) is 25.7 Å². The summed E-state index contributed by atoms with van der Waals surface area (Å²) < 4.78 is 4.70. The number of amides is 1. The van der Waals surface area contributed by atoms with E-state index in [1.54, 1.807) is 11.9 Å². The van der Waals surface area contributed by atoms with E-state index >= 15 is 0 Å². The van der Waals surface area contributed by atoms with Crippen molar-refractivity contribution >= 4 is 5.91 Å². The van der Waals surface area contributed by atoms with Crippen molar-refractivity contribution in [2.75, 3.05) is 20.1 Å². The van der Waals surface area contributed by atoms with E-state index in [1.807, 2.05) is 0 Å². The van der Waals surface area contributed by atoms with Gasteiger partial charge in [-0.15, -0.1) is 0 Å². The Bertz CT molecular complexity index is 429. The van der Waals surface area contributed by atoms with E-state index in [1.165, 1.54) is 18.4 Å². The van der Waals surface area contributed by atoms with Crippen molar-refractivity contribution in [3.63, 3.8) is 0 Å². The largest absolute Gasteiger partial charge is 0.430 e. The molecule has 1 unspecified atom stereocenters. The molecule has 1 aliphatic heterocycles. The summed E-state index contributed by atoms with van der Waals surface area (Å²) in [5.74, 6) is -0.109. The molecule has 92 valence electrons.